The summed E-state index contributed by atoms with van der Waals surface area (Å²) in [6.45, 7) is 1.98. The average Bonchev–Trinajstić information content (AvgIpc) is 2.56. The van der Waals surface area contributed by atoms with E-state index in [0.29, 0.717) is 17.1 Å². The molecule has 0 N–H and O–H groups in total. The van der Waals surface area contributed by atoms with Crippen molar-refractivity contribution in [2.24, 2.45) is 0 Å². The zero-order valence-corrected chi connectivity index (χ0v) is 14.1. The molecule has 118 valence electrons. The number of hydrogen-bond donors (Lipinski definition) is 0. The molecule has 2 aromatic carbocycles. The van der Waals surface area contributed by atoms with Gasteiger partial charge in [-0.05, 0) is 61.5 Å². The number of benzene rings is 2. The van der Waals surface area contributed by atoms with Crippen LogP contribution >= 0.6 is 15.9 Å². The Bertz CT molecular complexity index is 703. The predicted octanol–water partition coefficient (Wildman–Crippen LogP) is 4.54. The minimum Gasteiger partial charge on any atom is -0.463 e. The summed E-state index contributed by atoms with van der Waals surface area (Å²) in [6.07, 6.45) is 2.32. The average molecular weight is 375 g/mol. The highest BCUT2D eigenvalue weighted by Crippen LogP contribution is 2.23. The fraction of sp³-hybridized carbons (Fsp3) is 0.111. The molecule has 23 heavy (non-hydrogen) atoms. The van der Waals surface area contributed by atoms with Crippen LogP contribution in [0.25, 0.3) is 0 Å². The number of ketones is 1. The third-order valence-corrected chi connectivity index (χ3v) is 3.37. The molecule has 0 saturated carbocycles. The van der Waals surface area contributed by atoms with Gasteiger partial charge in [-0.3, -0.25) is 4.79 Å². The highest BCUT2D eigenvalue weighted by atomic mass is 79.9. The fourth-order valence-electron chi connectivity index (χ4n) is 1.76. The molecule has 0 spiro atoms. The zero-order valence-electron chi connectivity index (χ0n) is 12.5. The van der Waals surface area contributed by atoms with Gasteiger partial charge in [-0.25, -0.2) is 4.79 Å². The van der Waals surface area contributed by atoms with Crippen molar-refractivity contribution in [2.75, 3.05) is 6.61 Å². The first-order chi connectivity index (χ1) is 11.1. The van der Waals surface area contributed by atoms with Gasteiger partial charge >= 0.3 is 5.97 Å². The number of allylic oxidation sites excluding steroid dienone is 1. The standard InChI is InChI=1S/C18H15BrO4/c1-2-22-18(21)12-11-17(20)13-3-7-15(8-4-13)23-16-9-5-14(19)6-10-16/h3-12H,2H2,1H3/b12-11+. The van der Waals surface area contributed by atoms with Crippen LogP contribution in [0.15, 0.2) is 65.2 Å². The molecule has 0 heterocycles. The molecule has 0 aliphatic carbocycles. The molecule has 0 atom stereocenters. The van der Waals surface area contributed by atoms with Crippen LogP contribution in [0.3, 0.4) is 0 Å². The first-order valence-corrected chi connectivity index (χ1v) is 7.80. The van der Waals surface area contributed by atoms with Crippen molar-refractivity contribution in [2.45, 2.75) is 6.92 Å². The van der Waals surface area contributed by atoms with E-state index in [9.17, 15) is 9.59 Å². The van der Waals surface area contributed by atoms with Crippen molar-refractivity contribution in [1.29, 1.82) is 0 Å². The summed E-state index contributed by atoms with van der Waals surface area (Å²) in [5.41, 5.74) is 0.466. The molecule has 2 aromatic rings. The maximum Gasteiger partial charge on any atom is 0.330 e. The molecule has 5 heteroatoms. The summed E-state index contributed by atoms with van der Waals surface area (Å²) in [4.78, 5) is 23.1. The van der Waals surface area contributed by atoms with Crippen LogP contribution in [0.5, 0.6) is 11.5 Å². The molecule has 0 radical (unpaired) electrons. The van der Waals surface area contributed by atoms with Crippen LogP contribution in [0.2, 0.25) is 0 Å². The van der Waals surface area contributed by atoms with Crippen LogP contribution < -0.4 is 4.74 Å². The van der Waals surface area contributed by atoms with E-state index in [1.54, 1.807) is 31.2 Å². The van der Waals surface area contributed by atoms with Gasteiger partial charge in [0.25, 0.3) is 0 Å². The Hall–Kier alpha value is -2.40. The monoisotopic (exact) mass is 374 g/mol. The van der Waals surface area contributed by atoms with E-state index >= 15 is 0 Å². The number of esters is 1. The van der Waals surface area contributed by atoms with Gasteiger partial charge in [0.1, 0.15) is 11.5 Å². The van der Waals surface area contributed by atoms with Gasteiger partial charge in [-0.1, -0.05) is 15.9 Å². The second kappa shape index (κ2) is 8.29. The van der Waals surface area contributed by atoms with Gasteiger partial charge in [-0.2, -0.15) is 0 Å². The fourth-order valence-corrected chi connectivity index (χ4v) is 2.02. The van der Waals surface area contributed by atoms with E-state index in [4.69, 9.17) is 9.47 Å². The Morgan fingerprint density at radius 2 is 1.52 bits per heavy atom. The molecule has 0 aliphatic heterocycles. The lowest BCUT2D eigenvalue weighted by molar-refractivity contribution is -0.137. The van der Waals surface area contributed by atoms with Crippen LogP contribution in [-0.4, -0.2) is 18.4 Å². The van der Waals surface area contributed by atoms with Gasteiger partial charge in [0, 0.05) is 16.1 Å². The Kier molecular flexibility index (Phi) is 6.11. The van der Waals surface area contributed by atoms with Gasteiger partial charge in [0.05, 0.1) is 6.61 Å². The second-order valence-electron chi connectivity index (χ2n) is 4.53. The lowest BCUT2D eigenvalue weighted by Gasteiger charge is -2.06. The largest absolute Gasteiger partial charge is 0.463 e. The molecule has 4 nitrogen and oxygen atoms in total. The predicted molar refractivity (Wildman–Crippen MR) is 90.8 cm³/mol. The Morgan fingerprint density at radius 1 is 0.957 bits per heavy atom. The molecule has 2 rings (SSSR count). The van der Waals surface area contributed by atoms with Gasteiger partial charge in [0.2, 0.25) is 0 Å². The third-order valence-electron chi connectivity index (χ3n) is 2.85. The number of hydrogen-bond acceptors (Lipinski definition) is 4. The van der Waals surface area contributed by atoms with Crippen molar-refractivity contribution in [1.82, 2.24) is 0 Å². The van der Waals surface area contributed by atoms with Crippen LogP contribution in [0, 0.1) is 0 Å². The first-order valence-electron chi connectivity index (χ1n) is 7.01. The SMILES string of the molecule is CCOC(=O)/C=C/C(=O)c1ccc(Oc2ccc(Br)cc2)cc1. The number of carbonyl (C=O) groups is 2. The molecule has 0 amide bonds. The van der Waals surface area contributed by atoms with Crippen molar-refractivity contribution in [3.05, 3.63) is 70.7 Å². The molecule has 0 bridgehead atoms. The van der Waals surface area contributed by atoms with Crippen molar-refractivity contribution < 1.29 is 19.1 Å². The van der Waals surface area contributed by atoms with E-state index in [1.165, 1.54) is 6.08 Å². The van der Waals surface area contributed by atoms with E-state index in [2.05, 4.69) is 15.9 Å². The van der Waals surface area contributed by atoms with Crippen LogP contribution in [0.4, 0.5) is 0 Å². The first kappa shape index (κ1) is 17.0. The molecular weight excluding hydrogens is 360 g/mol. The molecule has 0 saturated heterocycles. The Labute approximate surface area is 142 Å². The third kappa shape index (κ3) is 5.38. The maximum absolute atomic E-state index is 11.9. The molecular formula is C18H15BrO4. The van der Waals surface area contributed by atoms with Crippen molar-refractivity contribution >= 4 is 27.7 Å². The Morgan fingerprint density at radius 3 is 2.09 bits per heavy atom. The Balaban J connectivity index is 2.00. The van der Waals surface area contributed by atoms with Gasteiger partial charge in [0.15, 0.2) is 5.78 Å². The lowest BCUT2D eigenvalue weighted by Crippen LogP contribution is -2.01. The number of rotatable bonds is 6. The second-order valence-corrected chi connectivity index (χ2v) is 5.45. The molecule has 0 aliphatic rings. The zero-order chi connectivity index (χ0) is 16.7. The molecule has 0 unspecified atom stereocenters. The van der Waals surface area contributed by atoms with Crippen LogP contribution in [0.1, 0.15) is 17.3 Å². The summed E-state index contributed by atoms with van der Waals surface area (Å²) in [7, 11) is 0. The summed E-state index contributed by atoms with van der Waals surface area (Å²) in [5, 5.41) is 0. The van der Waals surface area contributed by atoms with Gasteiger partial charge < -0.3 is 9.47 Å². The van der Waals surface area contributed by atoms with Gasteiger partial charge in [-0.15, -0.1) is 0 Å². The summed E-state index contributed by atoms with van der Waals surface area (Å²) in [6, 6.07) is 14.1. The number of ether oxygens (including phenoxy) is 2. The van der Waals surface area contributed by atoms with E-state index in [-0.39, 0.29) is 12.4 Å². The highest BCUT2D eigenvalue weighted by molar-refractivity contribution is 9.10. The van der Waals surface area contributed by atoms with Crippen molar-refractivity contribution in [3.8, 4) is 11.5 Å². The summed E-state index contributed by atoms with van der Waals surface area (Å²) in [5.74, 6) is 0.525. The van der Waals surface area contributed by atoms with Crippen LogP contribution in [-0.2, 0) is 9.53 Å². The minimum absolute atomic E-state index is 0.270. The maximum atomic E-state index is 11.9. The van der Waals surface area contributed by atoms with E-state index < -0.39 is 5.97 Å². The highest BCUT2D eigenvalue weighted by Gasteiger charge is 2.04. The minimum atomic E-state index is -0.531. The quantitative estimate of drug-likeness (QED) is 0.423. The summed E-state index contributed by atoms with van der Waals surface area (Å²) >= 11 is 3.36. The van der Waals surface area contributed by atoms with E-state index in [0.717, 1.165) is 10.5 Å². The smallest absolute Gasteiger partial charge is 0.330 e. The normalized spacial score (nSPS) is 10.5. The van der Waals surface area contributed by atoms with Crippen molar-refractivity contribution in [3.63, 3.8) is 0 Å². The number of halogens is 1. The molecule has 0 fully saturated rings. The topological polar surface area (TPSA) is 52.6 Å². The summed E-state index contributed by atoms with van der Waals surface area (Å²) < 4.78 is 11.4. The van der Waals surface area contributed by atoms with E-state index in [1.807, 2.05) is 24.3 Å². The lowest BCUT2D eigenvalue weighted by atomic mass is 10.1. The number of carbonyl (C=O) groups excluding carboxylic acids is 2. The molecule has 0 aromatic heterocycles.